The van der Waals surface area contributed by atoms with E-state index in [1.54, 1.807) is 30.3 Å². The van der Waals surface area contributed by atoms with Crippen LogP contribution in [0.15, 0.2) is 46.9 Å². The number of nitrogens with zero attached hydrogens (tertiary/aromatic N) is 3. The molecule has 0 saturated heterocycles. The number of halogens is 2. The number of hydrogen-bond acceptors (Lipinski definition) is 5. The molecule has 116 valence electrons. The van der Waals surface area contributed by atoms with Crippen molar-refractivity contribution in [3.63, 3.8) is 0 Å². The Bertz CT molecular complexity index is 863. The summed E-state index contributed by atoms with van der Waals surface area (Å²) in [5.74, 6) is 0.684. The van der Waals surface area contributed by atoms with Gasteiger partial charge in [0, 0.05) is 17.2 Å². The number of non-ortho nitro benzene ring substituents is 1. The minimum atomic E-state index is -0.447. The fraction of sp³-hybridized carbons (Fsp3) is 0.0667. The molecule has 0 radical (unpaired) electrons. The highest BCUT2D eigenvalue weighted by molar-refractivity contribution is 6.36. The van der Waals surface area contributed by atoms with Crippen molar-refractivity contribution < 1.29 is 9.34 Å². The number of nitro benzene ring substituents is 1. The molecule has 2 aromatic carbocycles. The van der Waals surface area contributed by atoms with Gasteiger partial charge in [-0.1, -0.05) is 35.3 Å². The molecule has 0 aliphatic rings. The molecule has 0 saturated carbocycles. The van der Waals surface area contributed by atoms with Crippen LogP contribution in [0.25, 0.3) is 11.5 Å². The van der Waals surface area contributed by atoms with Crippen LogP contribution in [0.1, 0.15) is 11.5 Å². The summed E-state index contributed by atoms with van der Waals surface area (Å²) >= 11 is 12.0. The van der Waals surface area contributed by atoms with Crippen molar-refractivity contribution in [2.75, 3.05) is 0 Å². The van der Waals surface area contributed by atoms with Crippen molar-refractivity contribution in [1.29, 1.82) is 0 Å². The van der Waals surface area contributed by atoms with Gasteiger partial charge in [0.05, 0.1) is 21.9 Å². The lowest BCUT2D eigenvalue weighted by Gasteiger charge is -1.99. The van der Waals surface area contributed by atoms with Gasteiger partial charge in [-0.3, -0.25) is 10.1 Å². The molecule has 1 aromatic heterocycles. The van der Waals surface area contributed by atoms with Crippen molar-refractivity contribution in [1.82, 2.24) is 10.2 Å². The van der Waals surface area contributed by atoms with Crippen molar-refractivity contribution in [3.05, 3.63) is 74.1 Å². The first kappa shape index (κ1) is 15.5. The van der Waals surface area contributed by atoms with Crippen LogP contribution in [0.2, 0.25) is 10.0 Å². The molecule has 8 heteroatoms. The molecule has 0 amide bonds. The Morgan fingerprint density at radius 2 is 1.83 bits per heavy atom. The van der Waals surface area contributed by atoms with Gasteiger partial charge >= 0.3 is 0 Å². The second kappa shape index (κ2) is 6.36. The van der Waals surface area contributed by atoms with Crippen LogP contribution in [-0.2, 0) is 6.42 Å². The van der Waals surface area contributed by atoms with Crippen LogP contribution in [0, 0.1) is 10.1 Å². The van der Waals surface area contributed by atoms with E-state index in [2.05, 4.69) is 10.2 Å². The molecule has 23 heavy (non-hydrogen) atoms. The molecule has 3 rings (SSSR count). The second-order valence-corrected chi connectivity index (χ2v) is 5.57. The van der Waals surface area contributed by atoms with Gasteiger partial charge in [-0.25, -0.2) is 0 Å². The Morgan fingerprint density at radius 1 is 1.09 bits per heavy atom. The molecule has 0 spiro atoms. The highest BCUT2D eigenvalue weighted by Crippen LogP contribution is 2.29. The number of nitro groups is 1. The summed E-state index contributed by atoms with van der Waals surface area (Å²) in [5.41, 5.74) is 1.46. The highest BCUT2D eigenvalue weighted by atomic mass is 35.5. The smallest absolute Gasteiger partial charge is 0.269 e. The Labute approximate surface area is 140 Å². The van der Waals surface area contributed by atoms with Gasteiger partial charge in [-0.2, -0.15) is 0 Å². The lowest BCUT2D eigenvalue weighted by Crippen LogP contribution is -1.91. The Hall–Kier alpha value is -2.44. The fourth-order valence-electron chi connectivity index (χ4n) is 2.01. The lowest BCUT2D eigenvalue weighted by atomic mass is 10.1. The van der Waals surface area contributed by atoms with E-state index in [9.17, 15) is 10.1 Å². The maximum Gasteiger partial charge on any atom is 0.269 e. The molecule has 0 fully saturated rings. The quantitative estimate of drug-likeness (QED) is 0.509. The van der Waals surface area contributed by atoms with Crippen molar-refractivity contribution in [3.8, 4) is 11.5 Å². The standard InChI is InChI=1S/C15H9Cl2N3O3/c16-10-3-6-12(13(17)8-10)15-19-18-14(23-15)7-9-1-4-11(5-2-9)20(21)22/h1-6,8H,7H2. The Balaban J connectivity index is 1.80. The average Bonchev–Trinajstić information content (AvgIpc) is 2.96. The van der Waals surface area contributed by atoms with E-state index in [4.69, 9.17) is 27.6 Å². The van der Waals surface area contributed by atoms with E-state index in [1.807, 2.05) is 0 Å². The highest BCUT2D eigenvalue weighted by Gasteiger charge is 2.13. The maximum atomic E-state index is 10.6. The summed E-state index contributed by atoms with van der Waals surface area (Å²) < 4.78 is 5.59. The minimum Gasteiger partial charge on any atom is -0.420 e. The molecular formula is C15H9Cl2N3O3. The van der Waals surface area contributed by atoms with Crippen molar-refractivity contribution >= 4 is 28.9 Å². The van der Waals surface area contributed by atoms with Crippen LogP contribution in [-0.4, -0.2) is 15.1 Å². The second-order valence-electron chi connectivity index (χ2n) is 4.73. The first-order chi connectivity index (χ1) is 11.0. The molecule has 0 bridgehead atoms. The van der Waals surface area contributed by atoms with Gasteiger partial charge in [0.15, 0.2) is 0 Å². The third kappa shape index (κ3) is 3.49. The number of aromatic nitrogens is 2. The van der Waals surface area contributed by atoms with E-state index >= 15 is 0 Å². The summed E-state index contributed by atoms with van der Waals surface area (Å²) in [5, 5.41) is 19.5. The summed E-state index contributed by atoms with van der Waals surface area (Å²) in [7, 11) is 0. The molecule has 6 nitrogen and oxygen atoms in total. The average molecular weight is 350 g/mol. The monoisotopic (exact) mass is 349 g/mol. The van der Waals surface area contributed by atoms with E-state index in [1.165, 1.54) is 12.1 Å². The SMILES string of the molecule is O=[N+]([O-])c1ccc(Cc2nnc(-c3ccc(Cl)cc3Cl)o2)cc1. The first-order valence-electron chi connectivity index (χ1n) is 6.54. The van der Waals surface area contributed by atoms with Crippen LogP contribution in [0.5, 0.6) is 0 Å². The predicted molar refractivity (Wildman–Crippen MR) is 85.7 cm³/mol. The molecule has 0 N–H and O–H groups in total. The van der Waals surface area contributed by atoms with E-state index < -0.39 is 4.92 Å². The third-order valence-corrected chi connectivity index (χ3v) is 3.68. The molecule has 0 aliphatic heterocycles. The largest absolute Gasteiger partial charge is 0.420 e. The number of rotatable bonds is 4. The summed E-state index contributed by atoms with van der Waals surface area (Å²) in [6.45, 7) is 0. The fourth-order valence-corrected chi connectivity index (χ4v) is 2.50. The normalized spacial score (nSPS) is 10.7. The lowest BCUT2D eigenvalue weighted by molar-refractivity contribution is -0.384. The van der Waals surface area contributed by atoms with Crippen LogP contribution < -0.4 is 0 Å². The molecule has 0 aliphatic carbocycles. The zero-order valence-corrected chi connectivity index (χ0v) is 13.1. The molecule has 1 heterocycles. The maximum absolute atomic E-state index is 10.6. The van der Waals surface area contributed by atoms with Crippen molar-refractivity contribution in [2.45, 2.75) is 6.42 Å². The number of hydrogen-bond donors (Lipinski definition) is 0. The molecule has 3 aromatic rings. The van der Waals surface area contributed by atoms with Gasteiger partial charge in [-0.05, 0) is 23.8 Å². The third-order valence-electron chi connectivity index (χ3n) is 3.13. The predicted octanol–water partition coefficient (Wildman–Crippen LogP) is 4.54. The Kier molecular flexibility index (Phi) is 4.27. The molecule has 0 atom stereocenters. The van der Waals surface area contributed by atoms with Crippen LogP contribution >= 0.6 is 23.2 Å². The van der Waals surface area contributed by atoms with E-state index in [0.29, 0.717) is 33.8 Å². The minimum absolute atomic E-state index is 0.0351. The zero-order chi connectivity index (χ0) is 16.4. The zero-order valence-electron chi connectivity index (χ0n) is 11.6. The summed E-state index contributed by atoms with van der Waals surface area (Å²) in [4.78, 5) is 10.2. The van der Waals surface area contributed by atoms with Gasteiger partial charge in [0.2, 0.25) is 11.8 Å². The van der Waals surface area contributed by atoms with Gasteiger partial charge in [-0.15, -0.1) is 10.2 Å². The summed E-state index contributed by atoms with van der Waals surface area (Å²) in [6.07, 6.45) is 0.371. The van der Waals surface area contributed by atoms with Crippen LogP contribution in [0.3, 0.4) is 0 Å². The van der Waals surface area contributed by atoms with Crippen LogP contribution in [0.4, 0.5) is 5.69 Å². The topological polar surface area (TPSA) is 82.1 Å². The van der Waals surface area contributed by atoms with E-state index in [0.717, 1.165) is 5.56 Å². The molecule has 0 unspecified atom stereocenters. The van der Waals surface area contributed by atoms with Crippen molar-refractivity contribution in [2.24, 2.45) is 0 Å². The Morgan fingerprint density at radius 3 is 2.48 bits per heavy atom. The summed E-state index contributed by atoms with van der Waals surface area (Å²) in [6, 6.07) is 11.1. The van der Waals surface area contributed by atoms with Gasteiger partial charge in [0.1, 0.15) is 0 Å². The van der Waals surface area contributed by atoms with Gasteiger partial charge in [0.25, 0.3) is 5.69 Å². The van der Waals surface area contributed by atoms with Gasteiger partial charge < -0.3 is 4.42 Å². The first-order valence-corrected chi connectivity index (χ1v) is 7.29. The molecular weight excluding hydrogens is 341 g/mol. The van der Waals surface area contributed by atoms with E-state index in [-0.39, 0.29) is 5.69 Å². The number of benzene rings is 2.